The van der Waals surface area contributed by atoms with Gasteiger partial charge >= 0.3 is 0 Å². The van der Waals surface area contributed by atoms with Gasteiger partial charge in [-0.05, 0) is 58.8 Å². The molecule has 0 bridgehead atoms. The van der Waals surface area contributed by atoms with Crippen LogP contribution in [0.2, 0.25) is 0 Å². The number of rotatable bonds is 4. The Kier molecular flexibility index (Phi) is 5.19. The van der Waals surface area contributed by atoms with Crippen LogP contribution in [0.4, 0.5) is 17.2 Å². The smallest absolute Gasteiger partial charge is 0.259 e. The van der Waals surface area contributed by atoms with Gasteiger partial charge in [0, 0.05) is 35.4 Å². The molecule has 2 heterocycles. The molecule has 0 saturated heterocycles. The van der Waals surface area contributed by atoms with Crippen molar-refractivity contribution >= 4 is 33.9 Å². The number of carbonyl (C=O) groups excluding carboxylic acids is 1. The van der Waals surface area contributed by atoms with E-state index in [0.717, 1.165) is 22.1 Å². The maximum Gasteiger partial charge on any atom is 0.259 e. The molecule has 0 atom stereocenters. The lowest BCUT2D eigenvalue weighted by atomic mass is 9.87. The van der Waals surface area contributed by atoms with Gasteiger partial charge in [0.2, 0.25) is 0 Å². The molecule has 0 aliphatic heterocycles. The molecule has 2 aromatic heterocycles. The number of carbonyl (C=O) groups is 1. The van der Waals surface area contributed by atoms with E-state index < -0.39 is 0 Å². The van der Waals surface area contributed by atoms with E-state index in [0.29, 0.717) is 11.4 Å². The minimum atomic E-state index is -0.209. The maximum atomic E-state index is 12.9. The third-order valence-corrected chi connectivity index (χ3v) is 4.96. The van der Waals surface area contributed by atoms with E-state index >= 15 is 0 Å². The number of fused-ring (bicyclic) bond motifs is 1. The van der Waals surface area contributed by atoms with Crippen molar-refractivity contribution in [3.05, 3.63) is 90.4 Å². The van der Waals surface area contributed by atoms with Crippen LogP contribution in [0.5, 0.6) is 0 Å². The van der Waals surface area contributed by atoms with Gasteiger partial charge in [-0.25, -0.2) is 4.98 Å². The number of benzene rings is 2. The first-order valence-corrected chi connectivity index (χ1v) is 9.88. The Morgan fingerprint density at radius 2 is 1.63 bits per heavy atom. The third kappa shape index (κ3) is 4.30. The van der Waals surface area contributed by atoms with Gasteiger partial charge in [-0.2, -0.15) is 0 Å². The Labute approximate surface area is 176 Å². The number of aromatic nitrogens is 2. The van der Waals surface area contributed by atoms with Crippen molar-refractivity contribution in [3.8, 4) is 0 Å². The van der Waals surface area contributed by atoms with Crippen LogP contribution in [0.15, 0.2) is 79.3 Å². The molecule has 0 unspecified atom stereocenters. The Morgan fingerprint density at radius 3 is 2.40 bits per heavy atom. The van der Waals surface area contributed by atoms with E-state index in [-0.39, 0.29) is 11.3 Å². The van der Waals surface area contributed by atoms with E-state index in [4.69, 9.17) is 0 Å². The summed E-state index contributed by atoms with van der Waals surface area (Å²) in [6.45, 7) is 6.49. The van der Waals surface area contributed by atoms with Gasteiger partial charge in [-0.3, -0.25) is 9.78 Å². The average Bonchev–Trinajstić information content (AvgIpc) is 2.74. The number of hydrogen-bond acceptors (Lipinski definition) is 4. The summed E-state index contributed by atoms with van der Waals surface area (Å²) in [6, 6.07) is 19.4. The van der Waals surface area contributed by atoms with Crippen molar-refractivity contribution in [2.24, 2.45) is 0 Å². The fourth-order valence-corrected chi connectivity index (χ4v) is 3.24. The van der Waals surface area contributed by atoms with Gasteiger partial charge in [0.1, 0.15) is 5.82 Å². The van der Waals surface area contributed by atoms with Crippen molar-refractivity contribution < 1.29 is 4.79 Å². The van der Waals surface area contributed by atoms with Gasteiger partial charge in [0.15, 0.2) is 0 Å². The highest BCUT2D eigenvalue weighted by molar-refractivity contribution is 6.07. The predicted molar refractivity (Wildman–Crippen MR) is 122 cm³/mol. The molecule has 0 aliphatic rings. The van der Waals surface area contributed by atoms with Crippen molar-refractivity contribution in [1.82, 2.24) is 9.97 Å². The fraction of sp³-hybridized carbons (Fsp3) is 0.160. The second kappa shape index (κ2) is 7.95. The van der Waals surface area contributed by atoms with Gasteiger partial charge < -0.3 is 10.6 Å². The van der Waals surface area contributed by atoms with Crippen LogP contribution in [0, 0.1) is 0 Å². The predicted octanol–water partition coefficient (Wildman–Crippen LogP) is 5.92. The van der Waals surface area contributed by atoms with E-state index in [2.05, 4.69) is 41.4 Å². The van der Waals surface area contributed by atoms with Crippen molar-refractivity contribution in [2.45, 2.75) is 26.2 Å². The summed E-state index contributed by atoms with van der Waals surface area (Å²) in [6.07, 6.45) is 5.25. The van der Waals surface area contributed by atoms with Gasteiger partial charge in [-0.15, -0.1) is 0 Å². The zero-order valence-electron chi connectivity index (χ0n) is 17.3. The molecule has 150 valence electrons. The van der Waals surface area contributed by atoms with Crippen LogP contribution in [0.25, 0.3) is 10.8 Å². The number of nitrogens with one attached hydrogen (secondary N) is 2. The first-order valence-electron chi connectivity index (χ1n) is 9.88. The standard InChI is InChI=1S/C25H24N4O/c1-25(2,3)19-7-10-20(11-8-19)29-24(30)22-5-4-13-27-23(22)28-21-9-6-18-16-26-14-12-17(18)15-21/h4-16H,1-3H3,(H,27,28)(H,29,30). The van der Waals surface area contributed by atoms with Crippen LogP contribution in [0.3, 0.4) is 0 Å². The molecule has 0 spiro atoms. The summed E-state index contributed by atoms with van der Waals surface area (Å²) in [4.78, 5) is 21.4. The second-order valence-corrected chi connectivity index (χ2v) is 8.24. The summed E-state index contributed by atoms with van der Waals surface area (Å²) in [5.41, 5.74) is 3.37. The second-order valence-electron chi connectivity index (χ2n) is 8.24. The minimum Gasteiger partial charge on any atom is -0.340 e. The highest BCUT2D eigenvalue weighted by Gasteiger charge is 2.15. The highest BCUT2D eigenvalue weighted by Crippen LogP contribution is 2.25. The molecule has 4 aromatic rings. The molecular formula is C25H24N4O. The van der Waals surface area contributed by atoms with Gasteiger partial charge in [-0.1, -0.05) is 39.0 Å². The largest absolute Gasteiger partial charge is 0.340 e. The summed E-state index contributed by atoms with van der Waals surface area (Å²) < 4.78 is 0. The van der Waals surface area contributed by atoms with E-state index in [1.165, 1.54) is 5.56 Å². The maximum absolute atomic E-state index is 12.9. The number of anilines is 3. The molecule has 30 heavy (non-hydrogen) atoms. The molecule has 4 rings (SSSR count). The van der Waals surface area contributed by atoms with Crippen LogP contribution < -0.4 is 10.6 Å². The summed E-state index contributed by atoms with van der Waals surface area (Å²) in [5, 5.41) is 8.36. The number of amides is 1. The quantitative estimate of drug-likeness (QED) is 0.449. The normalized spacial score (nSPS) is 11.3. The monoisotopic (exact) mass is 396 g/mol. The summed E-state index contributed by atoms with van der Waals surface area (Å²) >= 11 is 0. The topological polar surface area (TPSA) is 66.9 Å². The molecule has 0 fully saturated rings. The number of pyridine rings is 2. The van der Waals surface area contributed by atoms with Crippen LogP contribution in [-0.2, 0) is 5.41 Å². The Bertz CT molecular complexity index is 1190. The molecule has 1 amide bonds. The van der Waals surface area contributed by atoms with Gasteiger partial charge in [0.25, 0.3) is 5.91 Å². The lowest BCUT2D eigenvalue weighted by molar-refractivity contribution is 0.102. The van der Waals surface area contributed by atoms with E-state index in [1.54, 1.807) is 24.5 Å². The summed E-state index contributed by atoms with van der Waals surface area (Å²) in [5.74, 6) is 0.300. The summed E-state index contributed by atoms with van der Waals surface area (Å²) in [7, 11) is 0. The zero-order valence-corrected chi connectivity index (χ0v) is 17.3. The first kappa shape index (κ1) is 19.6. The number of nitrogens with zero attached hydrogens (tertiary/aromatic N) is 2. The molecular weight excluding hydrogens is 372 g/mol. The zero-order chi connectivity index (χ0) is 21.1. The molecule has 0 saturated carbocycles. The fourth-order valence-electron chi connectivity index (χ4n) is 3.24. The van der Waals surface area contributed by atoms with Crippen LogP contribution in [-0.4, -0.2) is 15.9 Å². The SMILES string of the molecule is CC(C)(C)c1ccc(NC(=O)c2cccnc2Nc2ccc3cnccc3c2)cc1. The minimum absolute atomic E-state index is 0.0684. The Hall–Kier alpha value is -3.73. The highest BCUT2D eigenvalue weighted by atomic mass is 16.1. The van der Waals surface area contributed by atoms with Crippen molar-refractivity contribution in [1.29, 1.82) is 0 Å². The molecule has 2 aromatic carbocycles. The molecule has 5 heteroatoms. The van der Waals surface area contributed by atoms with Crippen LogP contribution >= 0.6 is 0 Å². The Morgan fingerprint density at radius 1 is 0.867 bits per heavy atom. The Balaban J connectivity index is 1.55. The van der Waals surface area contributed by atoms with E-state index in [9.17, 15) is 4.79 Å². The number of hydrogen-bond donors (Lipinski definition) is 2. The van der Waals surface area contributed by atoms with Crippen molar-refractivity contribution in [3.63, 3.8) is 0 Å². The third-order valence-electron chi connectivity index (χ3n) is 4.96. The molecule has 0 radical (unpaired) electrons. The van der Waals surface area contributed by atoms with E-state index in [1.807, 2.05) is 54.7 Å². The molecule has 0 aliphatic carbocycles. The lowest BCUT2D eigenvalue weighted by Crippen LogP contribution is -2.15. The first-order chi connectivity index (χ1) is 14.4. The van der Waals surface area contributed by atoms with Gasteiger partial charge in [0.05, 0.1) is 5.56 Å². The molecule has 5 nitrogen and oxygen atoms in total. The van der Waals surface area contributed by atoms with Crippen LogP contribution in [0.1, 0.15) is 36.7 Å². The molecule has 2 N–H and O–H groups in total. The van der Waals surface area contributed by atoms with Crippen molar-refractivity contribution in [2.75, 3.05) is 10.6 Å². The average molecular weight is 396 g/mol. The lowest BCUT2D eigenvalue weighted by Gasteiger charge is -2.19.